The van der Waals surface area contributed by atoms with Crippen LogP contribution in [0, 0.1) is 0 Å². The minimum absolute atomic E-state index is 0.0833. The predicted octanol–water partition coefficient (Wildman–Crippen LogP) is 1.21. The Hall–Kier alpha value is 0.174. The minimum atomic E-state index is 0.0833. The normalized spacial score (nSPS) is 6.83. The second-order valence-electron chi connectivity index (χ2n) is 1.90. The van der Waals surface area contributed by atoms with Crippen molar-refractivity contribution < 1.29 is 33.9 Å². The molecule has 0 spiro atoms. The number of rotatable bonds is 4. The fourth-order valence-corrected chi connectivity index (χ4v) is 0.362. The summed E-state index contributed by atoms with van der Waals surface area (Å²) in [5.74, 6) is 0. The van der Waals surface area contributed by atoms with Gasteiger partial charge in [-0.2, -0.15) is 0 Å². The van der Waals surface area contributed by atoms with E-state index in [0.717, 1.165) is 33.2 Å². The van der Waals surface area contributed by atoms with Crippen LogP contribution in [0.4, 0.5) is 0 Å². The van der Waals surface area contributed by atoms with Crippen LogP contribution in [-0.2, 0) is 23.7 Å². The van der Waals surface area contributed by atoms with E-state index in [0.29, 0.717) is 6.61 Å². The van der Waals surface area contributed by atoms with Crippen molar-refractivity contribution in [2.75, 3.05) is 13.2 Å². The first-order valence-electron chi connectivity index (χ1n) is 3.86. The second kappa shape index (κ2) is 30.3. The number of hydrogen-bond donors (Lipinski definition) is 2. The van der Waals surface area contributed by atoms with Crippen molar-refractivity contribution in [3.63, 3.8) is 0 Å². The van der Waals surface area contributed by atoms with Crippen molar-refractivity contribution in [2.45, 2.75) is 26.2 Å². The molecule has 0 amide bonds. The van der Waals surface area contributed by atoms with Crippen molar-refractivity contribution in [3.05, 3.63) is 12.7 Å². The summed E-state index contributed by atoms with van der Waals surface area (Å²) in [6, 6.07) is 0. The average Bonchev–Trinajstić information content (AvgIpc) is 2.18. The van der Waals surface area contributed by atoms with Gasteiger partial charge in [-0.25, -0.2) is 0 Å². The monoisotopic (exact) mass is 210 g/mol. The molecule has 0 aromatic heterocycles. The molecule has 0 heterocycles. The first-order chi connectivity index (χ1) is 5.83. The zero-order valence-corrected chi connectivity index (χ0v) is 9.18. The van der Waals surface area contributed by atoms with E-state index < -0.39 is 0 Å². The predicted molar refractivity (Wildman–Crippen MR) is 44.6 cm³/mol. The molecule has 0 saturated heterocycles. The third-order valence-electron chi connectivity index (χ3n) is 0.891. The van der Waals surface area contributed by atoms with Crippen LogP contribution < -0.4 is 0 Å². The maximum atomic E-state index is 8.25. The maximum absolute atomic E-state index is 8.25. The SMILES string of the molecule is C=CCO.CCCCCO.[O]=[Ti]. The zero-order valence-electron chi connectivity index (χ0n) is 7.62. The Balaban J connectivity index is -0.000000118. The van der Waals surface area contributed by atoms with Gasteiger partial charge >= 0.3 is 23.7 Å². The van der Waals surface area contributed by atoms with Crippen LogP contribution in [0.2, 0.25) is 0 Å². The van der Waals surface area contributed by atoms with Gasteiger partial charge < -0.3 is 10.2 Å². The molecule has 2 N–H and O–H groups in total. The van der Waals surface area contributed by atoms with Crippen LogP contribution in [0.25, 0.3) is 0 Å². The molecule has 0 aliphatic carbocycles. The van der Waals surface area contributed by atoms with Gasteiger partial charge in [0.25, 0.3) is 0 Å². The fraction of sp³-hybridized carbons (Fsp3) is 0.750. The molecule has 0 fully saturated rings. The van der Waals surface area contributed by atoms with Crippen LogP contribution in [-0.4, -0.2) is 23.4 Å². The number of hydrogen-bond acceptors (Lipinski definition) is 3. The first-order valence-corrected chi connectivity index (χ1v) is 4.50. The average molecular weight is 210 g/mol. The molecule has 0 atom stereocenters. The van der Waals surface area contributed by atoms with Crippen LogP contribution in [0.1, 0.15) is 26.2 Å². The van der Waals surface area contributed by atoms with E-state index in [1.165, 1.54) is 12.5 Å². The Labute approximate surface area is 86.2 Å². The van der Waals surface area contributed by atoms with Crippen LogP contribution in [0.5, 0.6) is 0 Å². The summed E-state index contributed by atoms with van der Waals surface area (Å²) < 4.78 is 8.25. The van der Waals surface area contributed by atoms with Crippen molar-refractivity contribution >= 4 is 0 Å². The first kappa shape index (κ1) is 18.1. The molecule has 0 aliphatic heterocycles. The van der Waals surface area contributed by atoms with E-state index in [4.69, 9.17) is 13.5 Å². The summed E-state index contributed by atoms with van der Waals surface area (Å²) in [5, 5.41) is 16.0. The molecule has 0 unspecified atom stereocenters. The Kier molecular flexibility index (Phi) is 45.7. The number of unbranched alkanes of at least 4 members (excludes halogenated alkanes) is 2. The topological polar surface area (TPSA) is 57.5 Å². The van der Waals surface area contributed by atoms with E-state index in [-0.39, 0.29) is 6.61 Å². The van der Waals surface area contributed by atoms with Gasteiger partial charge in [-0.1, -0.05) is 25.8 Å². The van der Waals surface area contributed by atoms with Crippen molar-refractivity contribution in [2.24, 2.45) is 0 Å². The molecule has 0 saturated carbocycles. The molecule has 3 nitrogen and oxygen atoms in total. The fourth-order valence-electron chi connectivity index (χ4n) is 0.362. The van der Waals surface area contributed by atoms with Crippen molar-refractivity contribution in [1.82, 2.24) is 0 Å². The Morgan fingerprint density at radius 1 is 1.33 bits per heavy atom. The van der Waals surface area contributed by atoms with Crippen LogP contribution >= 0.6 is 0 Å². The quantitative estimate of drug-likeness (QED) is 0.416. The molecular weight excluding hydrogens is 192 g/mol. The Morgan fingerprint density at radius 3 is 1.83 bits per heavy atom. The summed E-state index contributed by atoms with van der Waals surface area (Å²) in [5.41, 5.74) is 0. The zero-order chi connectivity index (χ0) is 10.2. The van der Waals surface area contributed by atoms with Crippen molar-refractivity contribution in [1.29, 1.82) is 0 Å². The van der Waals surface area contributed by atoms with Gasteiger partial charge in [-0.3, -0.25) is 0 Å². The van der Waals surface area contributed by atoms with Gasteiger partial charge in [0.1, 0.15) is 0 Å². The molecule has 0 bridgehead atoms. The Morgan fingerprint density at radius 2 is 1.75 bits per heavy atom. The second-order valence-corrected chi connectivity index (χ2v) is 1.90. The van der Waals surface area contributed by atoms with Crippen LogP contribution in [0.3, 0.4) is 0 Å². The molecule has 12 heavy (non-hydrogen) atoms. The molecule has 0 rings (SSSR count). The van der Waals surface area contributed by atoms with E-state index >= 15 is 0 Å². The molecule has 0 aliphatic rings. The number of aliphatic hydroxyl groups excluding tert-OH is 2. The summed E-state index contributed by atoms with van der Waals surface area (Å²) in [6.07, 6.45) is 4.76. The summed E-state index contributed by atoms with van der Waals surface area (Å²) >= 11 is 0.750. The molecule has 0 radical (unpaired) electrons. The molecular formula is C8H18O3Ti. The van der Waals surface area contributed by atoms with Crippen LogP contribution in [0.15, 0.2) is 12.7 Å². The van der Waals surface area contributed by atoms with Gasteiger partial charge in [0.2, 0.25) is 0 Å². The van der Waals surface area contributed by atoms with E-state index in [9.17, 15) is 0 Å². The van der Waals surface area contributed by atoms with Gasteiger partial charge in [0.15, 0.2) is 0 Å². The molecule has 4 heteroatoms. The molecule has 72 valence electrons. The van der Waals surface area contributed by atoms with E-state index in [2.05, 4.69) is 13.5 Å². The van der Waals surface area contributed by atoms with Gasteiger partial charge in [-0.15, -0.1) is 6.58 Å². The van der Waals surface area contributed by atoms with E-state index in [1.807, 2.05) is 0 Å². The Bertz CT molecular complexity index is 65.3. The summed E-state index contributed by atoms with van der Waals surface area (Å²) in [6.45, 7) is 5.79. The molecule has 0 aromatic rings. The summed E-state index contributed by atoms with van der Waals surface area (Å²) in [4.78, 5) is 0. The summed E-state index contributed by atoms with van der Waals surface area (Å²) in [7, 11) is 0. The van der Waals surface area contributed by atoms with Crippen molar-refractivity contribution in [3.8, 4) is 0 Å². The number of aliphatic hydroxyl groups is 2. The standard InChI is InChI=1S/C5H12O.C3H6O.O.Ti/c1-2-3-4-5-6;1-2-3-4;;/h6H,2-5H2,1H3;2,4H,1,3H2;;. The third kappa shape index (κ3) is 49.1. The van der Waals surface area contributed by atoms with E-state index in [1.54, 1.807) is 0 Å². The third-order valence-corrected chi connectivity index (χ3v) is 0.891. The van der Waals surface area contributed by atoms with Gasteiger partial charge in [0, 0.05) is 6.61 Å². The molecule has 0 aromatic carbocycles. The van der Waals surface area contributed by atoms with Gasteiger partial charge in [0.05, 0.1) is 6.61 Å². The van der Waals surface area contributed by atoms with Gasteiger partial charge in [-0.05, 0) is 6.42 Å².